The highest BCUT2D eigenvalue weighted by Crippen LogP contribution is 2.35. The van der Waals surface area contributed by atoms with Crippen molar-refractivity contribution in [3.63, 3.8) is 0 Å². The van der Waals surface area contributed by atoms with Crippen molar-refractivity contribution in [3.8, 4) is 0 Å². The molecule has 0 spiro atoms. The lowest BCUT2D eigenvalue weighted by Crippen LogP contribution is -2.23. The average Bonchev–Trinajstić information content (AvgIpc) is 2.79. The molecule has 1 heterocycles. The van der Waals surface area contributed by atoms with E-state index in [2.05, 4.69) is 75.7 Å². The zero-order valence-electron chi connectivity index (χ0n) is 19.6. The third-order valence-electron chi connectivity index (χ3n) is 4.81. The summed E-state index contributed by atoms with van der Waals surface area (Å²) in [6, 6.07) is 10.4. The fourth-order valence-electron chi connectivity index (χ4n) is 3.03. The molecule has 0 bridgehead atoms. The van der Waals surface area contributed by atoms with Crippen LogP contribution in [-0.2, 0) is 13.1 Å². The van der Waals surface area contributed by atoms with Crippen LogP contribution in [0.15, 0.2) is 52.5 Å². The first-order valence-electron chi connectivity index (χ1n) is 11.1. The molecular weight excluding hydrogens is 400 g/mol. The van der Waals surface area contributed by atoms with Gasteiger partial charge in [0.15, 0.2) is 5.82 Å². The van der Waals surface area contributed by atoms with Crippen molar-refractivity contribution in [1.82, 2.24) is 4.98 Å². The maximum atomic E-state index is 9.57. The van der Waals surface area contributed by atoms with Gasteiger partial charge in [0.2, 0.25) is 0 Å². The number of anilines is 3. The minimum atomic E-state index is -0.0622. The number of aliphatic hydroxyl groups is 1. The molecule has 0 aliphatic rings. The molecule has 32 heavy (non-hydrogen) atoms. The number of nitrogens with one attached hydrogen (secondary N) is 3. The van der Waals surface area contributed by atoms with Gasteiger partial charge < -0.3 is 21.1 Å². The molecule has 1 atom stereocenters. The monoisotopic (exact) mass is 436 g/mol. The zero-order valence-corrected chi connectivity index (χ0v) is 19.6. The first-order valence-corrected chi connectivity index (χ1v) is 11.1. The fraction of sp³-hybridized carbons (Fsp3) is 0.400. The molecule has 0 aliphatic carbocycles. The van der Waals surface area contributed by atoms with Gasteiger partial charge in [0, 0.05) is 24.9 Å². The van der Waals surface area contributed by atoms with Gasteiger partial charge in [-0.25, -0.2) is 4.98 Å². The molecule has 7 heteroatoms. The number of hydrogen-bond acceptors (Lipinski definition) is 7. The van der Waals surface area contributed by atoms with Gasteiger partial charge >= 0.3 is 0 Å². The molecule has 0 fully saturated rings. The van der Waals surface area contributed by atoms with Gasteiger partial charge in [0.1, 0.15) is 11.5 Å². The molecule has 0 radical (unpaired) electrons. The van der Waals surface area contributed by atoms with Crippen molar-refractivity contribution in [1.29, 1.82) is 0 Å². The Morgan fingerprint density at radius 3 is 2.47 bits per heavy atom. The van der Waals surface area contributed by atoms with Crippen molar-refractivity contribution in [2.24, 2.45) is 9.98 Å². The van der Waals surface area contributed by atoms with Crippen LogP contribution in [0.2, 0.25) is 0 Å². The van der Waals surface area contributed by atoms with Crippen molar-refractivity contribution in [3.05, 3.63) is 53.6 Å². The number of rotatable bonds is 13. The molecule has 0 saturated heterocycles. The second-order valence-electron chi connectivity index (χ2n) is 7.83. The quantitative estimate of drug-likeness (QED) is 0.325. The fourth-order valence-corrected chi connectivity index (χ4v) is 3.03. The van der Waals surface area contributed by atoms with Gasteiger partial charge in [0.05, 0.1) is 24.9 Å². The summed E-state index contributed by atoms with van der Waals surface area (Å²) in [7, 11) is 0. The lowest BCUT2D eigenvalue weighted by Gasteiger charge is -2.20. The summed E-state index contributed by atoms with van der Waals surface area (Å²) >= 11 is 0. The van der Waals surface area contributed by atoms with Crippen LogP contribution >= 0.6 is 0 Å². The third-order valence-corrected chi connectivity index (χ3v) is 4.81. The minimum Gasteiger partial charge on any atom is -0.394 e. The normalized spacial score (nSPS) is 12.4. The third kappa shape index (κ3) is 7.81. The molecule has 172 valence electrons. The standard InChI is InChI=1S/C25H36N6O/c1-6-8-13-27-15-19-9-11-20(12-10-19)16-28-22-14-23(30-21(7-2)17-32)31-25(24(22)26-5)29-18(3)4/h6,8-14,18,21,32H,5,7,15-17H2,1-4H3,(H3,28,29,30,31)/b8-6-,27-13?/t21-/m0/s1. The summed E-state index contributed by atoms with van der Waals surface area (Å²) in [4.78, 5) is 13.3. The highest BCUT2D eigenvalue weighted by molar-refractivity contribution is 5.81. The summed E-state index contributed by atoms with van der Waals surface area (Å²) in [5, 5.41) is 19.7. The van der Waals surface area contributed by atoms with Gasteiger partial charge in [-0.1, -0.05) is 37.3 Å². The minimum absolute atomic E-state index is 0.0421. The largest absolute Gasteiger partial charge is 0.394 e. The summed E-state index contributed by atoms with van der Waals surface area (Å²) < 4.78 is 0. The highest BCUT2D eigenvalue weighted by atomic mass is 16.3. The number of hydrogen-bond donors (Lipinski definition) is 4. The van der Waals surface area contributed by atoms with Crippen LogP contribution in [0.25, 0.3) is 0 Å². The lowest BCUT2D eigenvalue weighted by atomic mass is 10.1. The van der Waals surface area contributed by atoms with Gasteiger partial charge in [-0.2, -0.15) is 0 Å². The SMILES string of the molecule is C=Nc1c(NCc2ccc(CN=C/C=C\C)cc2)cc(N[C@@H](CC)CO)nc1NC(C)C. The van der Waals surface area contributed by atoms with E-state index in [9.17, 15) is 5.11 Å². The molecule has 0 aliphatic heterocycles. The number of benzene rings is 1. The second-order valence-corrected chi connectivity index (χ2v) is 7.83. The number of aliphatic hydroxyl groups excluding tert-OH is 1. The van der Waals surface area contributed by atoms with E-state index in [0.29, 0.717) is 30.4 Å². The number of aliphatic imine (C=N–C) groups is 2. The molecule has 2 aromatic rings. The van der Waals surface area contributed by atoms with E-state index in [1.165, 1.54) is 0 Å². The Morgan fingerprint density at radius 1 is 1.16 bits per heavy atom. The predicted octanol–water partition coefficient (Wildman–Crippen LogP) is 5.18. The van der Waals surface area contributed by atoms with E-state index in [1.54, 1.807) is 0 Å². The van der Waals surface area contributed by atoms with Crippen LogP contribution in [0.5, 0.6) is 0 Å². The van der Waals surface area contributed by atoms with Crippen LogP contribution < -0.4 is 16.0 Å². The topological polar surface area (TPSA) is 93.9 Å². The molecule has 0 unspecified atom stereocenters. The van der Waals surface area contributed by atoms with Gasteiger partial charge in [-0.15, -0.1) is 0 Å². The smallest absolute Gasteiger partial charge is 0.156 e. The molecular formula is C25H36N6O. The highest BCUT2D eigenvalue weighted by Gasteiger charge is 2.15. The van der Waals surface area contributed by atoms with Gasteiger partial charge in [-0.3, -0.25) is 9.98 Å². The number of allylic oxidation sites excluding steroid dienone is 2. The summed E-state index contributed by atoms with van der Waals surface area (Å²) in [5.74, 6) is 1.34. The molecule has 4 N–H and O–H groups in total. The van der Waals surface area contributed by atoms with E-state index in [4.69, 9.17) is 0 Å². The van der Waals surface area contributed by atoms with E-state index < -0.39 is 0 Å². The van der Waals surface area contributed by atoms with E-state index >= 15 is 0 Å². The Bertz CT molecular complexity index is 901. The molecule has 0 amide bonds. The predicted molar refractivity (Wildman–Crippen MR) is 138 cm³/mol. The number of nitrogens with zero attached hydrogens (tertiary/aromatic N) is 3. The molecule has 2 rings (SSSR count). The lowest BCUT2D eigenvalue weighted by molar-refractivity contribution is 0.271. The van der Waals surface area contributed by atoms with Gasteiger partial charge in [0.25, 0.3) is 0 Å². The summed E-state index contributed by atoms with van der Waals surface area (Å²) in [5.41, 5.74) is 3.81. The molecule has 1 aromatic heterocycles. The molecule has 1 aromatic carbocycles. The van der Waals surface area contributed by atoms with Crippen molar-refractivity contribution in [2.75, 3.05) is 22.6 Å². The first-order chi connectivity index (χ1) is 15.5. The first kappa shape index (κ1) is 25.1. The summed E-state index contributed by atoms with van der Waals surface area (Å²) in [6.45, 7) is 13.2. The van der Waals surface area contributed by atoms with Crippen molar-refractivity contribution in [2.45, 2.75) is 59.3 Å². The molecule has 7 nitrogen and oxygen atoms in total. The van der Waals surface area contributed by atoms with Crippen molar-refractivity contribution < 1.29 is 5.11 Å². The Hall–Kier alpha value is -3.19. The Morgan fingerprint density at radius 2 is 1.88 bits per heavy atom. The van der Waals surface area contributed by atoms with Crippen LogP contribution in [0, 0.1) is 0 Å². The number of aromatic nitrogens is 1. The Labute approximate surface area is 191 Å². The Balaban J connectivity index is 2.20. The van der Waals surface area contributed by atoms with Crippen LogP contribution in [0.4, 0.5) is 23.0 Å². The van der Waals surface area contributed by atoms with E-state index in [0.717, 1.165) is 23.2 Å². The van der Waals surface area contributed by atoms with E-state index in [-0.39, 0.29) is 18.7 Å². The Kier molecular flexibility index (Phi) is 10.4. The van der Waals surface area contributed by atoms with Gasteiger partial charge in [-0.05, 0) is 51.1 Å². The maximum Gasteiger partial charge on any atom is 0.156 e. The van der Waals surface area contributed by atoms with Crippen LogP contribution in [0.3, 0.4) is 0 Å². The number of pyridine rings is 1. The maximum absolute atomic E-state index is 9.57. The molecule has 0 saturated carbocycles. The second kappa shape index (κ2) is 13.3. The van der Waals surface area contributed by atoms with Crippen molar-refractivity contribution >= 4 is 35.9 Å². The zero-order chi connectivity index (χ0) is 23.3. The van der Waals surface area contributed by atoms with E-state index in [1.807, 2.05) is 38.3 Å². The van der Waals surface area contributed by atoms with Crippen LogP contribution in [-0.4, -0.2) is 41.7 Å². The van der Waals surface area contributed by atoms with Crippen LogP contribution in [0.1, 0.15) is 45.2 Å². The summed E-state index contributed by atoms with van der Waals surface area (Å²) in [6.07, 6.45) is 6.49. The average molecular weight is 437 g/mol.